The first-order valence-corrected chi connectivity index (χ1v) is 9.90. The lowest BCUT2D eigenvalue weighted by Gasteiger charge is -2.02. The van der Waals surface area contributed by atoms with Gasteiger partial charge in [0.25, 0.3) is 0 Å². The van der Waals surface area contributed by atoms with Crippen molar-refractivity contribution in [3.05, 3.63) is 40.4 Å². The molecule has 0 fully saturated rings. The minimum Gasteiger partial charge on any atom is -0.300 e. The summed E-state index contributed by atoms with van der Waals surface area (Å²) in [4.78, 5) is 11.9. The summed E-state index contributed by atoms with van der Waals surface area (Å²) < 4.78 is 0. The summed E-state index contributed by atoms with van der Waals surface area (Å²) in [5.74, 6) is 1.25. The first-order chi connectivity index (χ1) is 11.2. The van der Waals surface area contributed by atoms with E-state index in [0.717, 1.165) is 23.6 Å². The van der Waals surface area contributed by atoms with Crippen LogP contribution in [0.4, 0.5) is 5.13 Å². The molecule has 0 aliphatic carbocycles. The van der Waals surface area contributed by atoms with Crippen molar-refractivity contribution in [3.8, 4) is 0 Å². The number of nitrogens with one attached hydrogen (secondary N) is 1. The number of carbonyl (C=O) groups excluding carboxylic acids is 1. The van der Waals surface area contributed by atoms with E-state index >= 15 is 0 Å². The Morgan fingerprint density at radius 1 is 1.22 bits per heavy atom. The topological polar surface area (TPSA) is 54.9 Å². The first-order valence-electron chi connectivity index (χ1n) is 7.93. The maximum absolute atomic E-state index is 11.9. The number of hydrogen-bond donors (Lipinski definition) is 1. The van der Waals surface area contributed by atoms with Crippen LogP contribution in [-0.2, 0) is 17.0 Å². The molecule has 1 heterocycles. The SMILES string of the molecule is CCCCCc1nnc(NC(=O)CSCc2ccc(C)cc2)s1. The molecule has 0 saturated carbocycles. The number of aromatic nitrogens is 2. The molecular weight excluding hydrogens is 326 g/mol. The minimum absolute atomic E-state index is 0.0154. The van der Waals surface area contributed by atoms with Crippen molar-refractivity contribution >= 4 is 34.1 Å². The van der Waals surface area contributed by atoms with Crippen LogP contribution in [0.1, 0.15) is 42.3 Å². The normalized spacial score (nSPS) is 10.7. The summed E-state index contributed by atoms with van der Waals surface area (Å²) >= 11 is 3.09. The summed E-state index contributed by atoms with van der Waals surface area (Å²) in [6, 6.07) is 8.40. The molecule has 0 saturated heterocycles. The van der Waals surface area contributed by atoms with E-state index in [0.29, 0.717) is 10.9 Å². The zero-order chi connectivity index (χ0) is 16.5. The Labute approximate surface area is 146 Å². The first kappa shape index (κ1) is 17.9. The van der Waals surface area contributed by atoms with Gasteiger partial charge in [-0.2, -0.15) is 0 Å². The fraction of sp³-hybridized carbons (Fsp3) is 0.471. The number of carbonyl (C=O) groups is 1. The Morgan fingerprint density at radius 3 is 2.74 bits per heavy atom. The van der Waals surface area contributed by atoms with Gasteiger partial charge in [-0.15, -0.1) is 22.0 Å². The molecule has 2 rings (SSSR count). The van der Waals surface area contributed by atoms with Crippen LogP contribution in [0.25, 0.3) is 0 Å². The molecule has 6 heteroatoms. The third-order valence-corrected chi connectivity index (χ3v) is 5.23. The summed E-state index contributed by atoms with van der Waals surface area (Å²) in [5, 5.41) is 12.6. The lowest BCUT2D eigenvalue weighted by Crippen LogP contribution is -2.13. The van der Waals surface area contributed by atoms with Crippen LogP contribution in [0.3, 0.4) is 0 Å². The number of amides is 1. The summed E-state index contributed by atoms with van der Waals surface area (Å²) in [6.45, 7) is 4.25. The monoisotopic (exact) mass is 349 g/mol. The van der Waals surface area contributed by atoms with Gasteiger partial charge in [0, 0.05) is 12.2 Å². The lowest BCUT2D eigenvalue weighted by atomic mass is 10.2. The van der Waals surface area contributed by atoms with Gasteiger partial charge in [0.1, 0.15) is 5.01 Å². The second-order valence-electron chi connectivity index (χ2n) is 5.48. The number of hydrogen-bond acceptors (Lipinski definition) is 5. The van der Waals surface area contributed by atoms with Gasteiger partial charge < -0.3 is 0 Å². The molecule has 1 N–H and O–H groups in total. The molecular formula is C17H23N3OS2. The van der Waals surface area contributed by atoms with Crippen LogP contribution in [0.5, 0.6) is 0 Å². The molecule has 0 unspecified atom stereocenters. The van der Waals surface area contributed by atoms with Crippen LogP contribution in [-0.4, -0.2) is 21.9 Å². The summed E-state index contributed by atoms with van der Waals surface area (Å²) in [7, 11) is 0. The third-order valence-electron chi connectivity index (χ3n) is 3.33. The molecule has 0 radical (unpaired) electrons. The minimum atomic E-state index is -0.0154. The standard InChI is InChI=1S/C17H23N3OS2/c1-3-4-5-6-16-19-20-17(23-16)18-15(21)12-22-11-14-9-7-13(2)8-10-14/h7-10H,3-6,11-12H2,1-2H3,(H,18,20,21). The van der Waals surface area contributed by atoms with E-state index in [2.05, 4.69) is 53.6 Å². The van der Waals surface area contributed by atoms with Gasteiger partial charge in [0.05, 0.1) is 5.75 Å². The quantitative estimate of drug-likeness (QED) is 0.680. The van der Waals surface area contributed by atoms with E-state index in [1.807, 2.05) is 0 Å². The van der Waals surface area contributed by atoms with Gasteiger partial charge in [-0.1, -0.05) is 60.9 Å². The van der Waals surface area contributed by atoms with Gasteiger partial charge in [0.2, 0.25) is 11.0 Å². The molecule has 124 valence electrons. The molecule has 0 aliphatic heterocycles. The number of unbranched alkanes of at least 4 members (excludes halogenated alkanes) is 2. The molecule has 0 bridgehead atoms. The fourth-order valence-corrected chi connectivity index (χ4v) is 3.62. The van der Waals surface area contributed by atoms with E-state index in [1.54, 1.807) is 11.8 Å². The Kier molecular flexibility index (Phi) is 7.55. The van der Waals surface area contributed by atoms with Crippen LogP contribution in [0, 0.1) is 6.92 Å². The number of nitrogens with zero attached hydrogens (tertiary/aromatic N) is 2. The highest BCUT2D eigenvalue weighted by molar-refractivity contribution is 7.99. The van der Waals surface area contributed by atoms with Gasteiger partial charge in [-0.05, 0) is 18.9 Å². The number of anilines is 1. The second-order valence-corrected chi connectivity index (χ2v) is 7.53. The third kappa shape index (κ3) is 6.71. The molecule has 23 heavy (non-hydrogen) atoms. The highest BCUT2D eigenvalue weighted by Crippen LogP contribution is 2.18. The van der Waals surface area contributed by atoms with Gasteiger partial charge in [-0.3, -0.25) is 10.1 Å². The van der Waals surface area contributed by atoms with Crippen molar-refractivity contribution in [1.82, 2.24) is 10.2 Å². The number of aryl methyl sites for hydroxylation is 2. The predicted molar refractivity (Wildman–Crippen MR) is 99.1 cm³/mol. The number of thioether (sulfide) groups is 1. The molecule has 2 aromatic rings. The van der Waals surface area contributed by atoms with E-state index in [4.69, 9.17) is 0 Å². The summed E-state index contributed by atoms with van der Waals surface area (Å²) in [5.41, 5.74) is 2.49. The predicted octanol–water partition coefficient (Wildman–Crippen LogP) is 4.45. The largest absolute Gasteiger partial charge is 0.300 e. The van der Waals surface area contributed by atoms with Crippen molar-refractivity contribution in [2.45, 2.75) is 45.3 Å². The Bertz CT molecular complexity index is 611. The second kappa shape index (κ2) is 9.67. The van der Waals surface area contributed by atoms with Gasteiger partial charge >= 0.3 is 0 Å². The Balaban J connectivity index is 1.69. The lowest BCUT2D eigenvalue weighted by molar-refractivity contribution is -0.113. The zero-order valence-corrected chi connectivity index (χ0v) is 15.3. The fourth-order valence-electron chi connectivity index (χ4n) is 2.03. The van der Waals surface area contributed by atoms with Crippen molar-refractivity contribution < 1.29 is 4.79 Å². The van der Waals surface area contributed by atoms with Crippen molar-refractivity contribution in [2.75, 3.05) is 11.1 Å². The number of rotatable bonds is 9. The highest BCUT2D eigenvalue weighted by atomic mass is 32.2. The molecule has 4 nitrogen and oxygen atoms in total. The Hall–Kier alpha value is -1.40. The van der Waals surface area contributed by atoms with Crippen molar-refractivity contribution in [1.29, 1.82) is 0 Å². The average Bonchev–Trinajstić information content (AvgIpc) is 2.97. The van der Waals surface area contributed by atoms with Crippen LogP contribution >= 0.6 is 23.1 Å². The molecule has 0 atom stereocenters. The summed E-state index contributed by atoms with van der Waals surface area (Å²) in [6.07, 6.45) is 4.48. The molecule has 1 aromatic carbocycles. The number of benzene rings is 1. The Morgan fingerprint density at radius 2 is 2.00 bits per heavy atom. The van der Waals surface area contributed by atoms with E-state index < -0.39 is 0 Å². The van der Waals surface area contributed by atoms with Crippen LogP contribution in [0.15, 0.2) is 24.3 Å². The molecule has 0 aliphatic rings. The van der Waals surface area contributed by atoms with E-state index in [9.17, 15) is 4.79 Å². The van der Waals surface area contributed by atoms with Gasteiger partial charge in [-0.25, -0.2) is 0 Å². The maximum Gasteiger partial charge on any atom is 0.236 e. The average molecular weight is 350 g/mol. The zero-order valence-electron chi connectivity index (χ0n) is 13.7. The van der Waals surface area contributed by atoms with Crippen molar-refractivity contribution in [3.63, 3.8) is 0 Å². The molecule has 0 spiro atoms. The molecule has 1 aromatic heterocycles. The van der Waals surface area contributed by atoms with E-state index in [-0.39, 0.29) is 5.91 Å². The van der Waals surface area contributed by atoms with Crippen molar-refractivity contribution in [2.24, 2.45) is 0 Å². The highest BCUT2D eigenvalue weighted by Gasteiger charge is 2.08. The van der Waals surface area contributed by atoms with E-state index in [1.165, 1.54) is 35.3 Å². The van der Waals surface area contributed by atoms with Crippen LogP contribution < -0.4 is 5.32 Å². The van der Waals surface area contributed by atoms with Gasteiger partial charge in [0.15, 0.2) is 0 Å². The smallest absolute Gasteiger partial charge is 0.236 e. The maximum atomic E-state index is 11.9. The molecule has 1 amide bonds. The van der Waals surface area contributed by atoms with Crippen LogP contribution in [0.2, 0.25) is 0 Å².